The van der Waals surface area contributed by atoms with Crippen LogP contribution in [0.15, 0.2) is 23.1 Å². The fraction of sp³-hybridized carbons (Fsp3) is 0.308. The highest BCUT2D eigenvalue weighted by atomic mass is 79.9. The molecule has 0 saturated heterocycles. The number of halogens is 1. The van der Waals surface area contributed by atoms with Gasteiger partial charge in [-0.15, -0.1) is 0 Å². The van der Waals surface area contributed by atoms with Gasteiger partial charge < -0.3 is 9.88 Å². The smallest absolute Gasteiger partial charge is 0.223 e. The zero-order chi connectivity index (χ0) is 13.6. The van der Waals surface area contributed by atoms with E-state index in [0.717, 1.165) is 26.4 Å². The van der Waals surface area contributed by atoms with Crippen molar-refractivity contribution in [2.75, 3.05) is 12.4 Å². The molecule has 1 N–H and O–H groups in total. The number of hydrogen-bond acceptors (Lipinski definition) is 4. The minimum Gasteiger partial charge on any atom is -0.357 e. The van der Waals surface area contributed by atoms with E-state index < -0.39 is 0 Å². The Morgan fingerprint density at radius 1 is 1.26 bits per heavy atom. The van der Waals surface area contributed by atoms with Crippen LogP contribution in [0.4, 0.5) is 5.95 Å². The quantitative estimate of drug-likeness (QED) is 0.786. The molecule has 2 heterocycles. The molecule has 1 aromatic carbocycles. The van der Waals surface area contributed by atoms with Gasteiger partial charge in [0.25, 0.3) is 0 Å². The highest BCUT2D eigenvalue weighted by molar-refractivity contribution is 9.10. The van der Waals surface area contributed by atoms with Crippen molar-refractivity contribution in [2.45, 2.75) is 19.9 Å². The monoisotopic (exact) mass is 319 g/mol. The Hall–Kier alpha value is -1.69. The van der Waals surface area contributed by atoms with Crippen molar-refractivity contribution >= 4 is 43.8 Å². The standard InChI is InChI=1S/C13H14BrN5/c1-7(2)19-6-17-11-9(14)4-8-5-16-13(15-3)18-10(8)12(11)19/h4-7H,1-3H3,(H,15,16,18). The second kappa shape index (κ2) is 4.45. The second-order valence-electron chi connectivity index (χ2n) is 4.68. The van der Waals surface area contributed by atoms with Gasteiger partial charge in [-0.25, -0.2) is 15.0 Å². The van der Waals surface area contributed by atoms with Crippen LogP contribution in [-0.2, 0) is 0 Å². The summed E-state index contributed by atoms with van der Waals surface area (Å²) in [6, 6.07) is 2.34. The summed E-state index contributed by atoms with van der Waals surface area (Å²) in [7, 11) is 1.82. The molecule has 0 unspecified atom stereocenters. The van der Waals surface area contributed by atoms with Gasteiger partial charge in [0.1, 0.15) is 11.0 Å². The molecule has 5 nitrogen and oxygen atoms in total. The zero-order valence-corrected chi connectivity index (χ0v) is 12.6. The molecule has 0 spiro atoms. The van der Waals surface area contributed by atoms with Crippen molar-refractivity contribution in [1.82, 2.24) is 19.5 Å². The maximum Gasteiger partial charge on any atom is 0.223 e. The molecule has 98 valence electrons. The minimum absolute atomic E-state index is 0.329. The van der Waals surface area contributed by atoms with Crippen LogP contribution in [0.5, 0.6) is 0 Å². The molecule has 0 atom stereocenters. The maximum absolute atomic E-state index is 4.57. The number of fused-ring (bicyclic) bond motifs is 3. The van der Waals surface area contributed by atoms with E-state index in [-0.39, 0.29) is 0 Å². The molecule has 6 heteroatoms. The van der Waals surface area contributed by atoms with Crippen molar-refractivity contribution < 1.29 is 0 Å². The van der Waals surface area contributed by atoms with Gasteiger partial charge >= 0.3 is 0 Å². The van der Waals surface area contributed by atoms with Crippen LogP contribution in [0, 0.1) is 0 Å². The van der Waals surface area contributed by atoms with E-state index in [9.17, 15) is 0 Å². The van der Waals surface area contributed by atoms with E-state index in [1.165, 1.54) is 0 Å². The molecule has 2 aromatic heterocycles. The average molecular weight is 320 g/mol. The molecule has 0 amide bonds. The molecule has 0 saturated carbocycles. The first kappa shape index (κ1) is 12.3. The minimum atomic E-state index is 0.329. The maximum atomic E-state index is 4.57. The molecular formula is C13H14BrN5. The number of imidazole rings is 1. The van der Waals surface area contributed by atoms with E-state index in [1.54, 1.807) is 0 Å². The van der Waals surface area contributed by atoms with Crippen molar-refractivity contribution in [1.29, 1.82) is 0 Å². The molecule has 19 heavy (non-hydrogen) atoms. The molecule has 0 aliphatic carbocycles. The van der Waals surface area contributed by atoms with Crippen LogP contribution >= 0.6 is 15.9 Å². The Balaban J connectivity index is 2.49. The number of nitrogens with one attached hydrogen (secondary N) is 1. The molecule has 0 radical (unpaired) electrons. The number of benzene rings is 1. The first-order chi connectivity index (χ1) is 9.11. The van der Waals surface area contributed by atoms with Crippen LogP contribution in [0.25, 0.3) is 21.9 Å². The first-order valence-corrected chi connectivity index (χ1v) is 6.90. The van der Waals surface area contributed by atoms with Crippen LogP contribution in [0.1, 0.15) is 19.9 Å². The third-order valence-electron chi connectivity index (χ3n) is 3.12. The predicted octanol–water partition coefficient (Wildman–Crippen LogP) is 3.36. The second-order valence-corrected chi connectivity index (χ2v) is 5.54. The summed E-state index contributed by atoms with van der Waals surface area (Å²) in [6.45, 7) is 4.27. The van der Waals surface area contributed by atoms with E-state index in [2.05, 4.69) is 54.6 Å². The van der Waals surface area contributed by atoms with Crippen molar-refractivity contribution in [3.63, 3.8) is 0 Å². The van der Waals surface area contributed by atoms with E-state index in [1.807, 2.05) is 25.6 Å². The average Bonchev–Trinajstić information content (AvgIpc) is 2.84. The van der Waals surface area contributed by atoms with Crippen LogP contribution in [-0.4, -0.2) is 26.6 Å². The number of anilines is 1. The molecule has 3 rings (SSSR count). The summed E-state index contributed by atoms with van der Waals surface area (Å²) in [6.07, 6.45) is 3.69. The number of nitrogens with zero attached hydrogens (tertiary/aromatic N) is 4. The molecule has 0 aliphatic heterocycles. The fourth-order valence-corrected chi connectivity index (χ4v) is 2.71. The Bertz CT molecular complexity index is 762. The van der Waals surface area contributed by atoms with Gasteiger partial charge in [-0.05, 0) is 35.8 Å². The molecule has 0 aliphatic rings. The Kier molecular flexibility index (Phi) is 2.89. The van der Waals surface area contributed by atoms with Crippen LogP contribution in [0.2, 0.25) is 0 Å². The summed E-state index contributed by atoms with van der Waals surface area (Å²) in [5.41, 5.74) is 2.89. The largest absolute Gasteiger partial charge is 0.357 e. The lowest BCUT2D eigenvalue weighted by molar-refractivity contribution is 0.618. The highest BCUT2D eigenvalue weighted by Gasteiger charge is 2.14. The first-order valence-electron chi connectivity index (χ1n) is 6.11. The van der Waals surface area contributed by atoms with Gasteiger partial charge in [0.15, 0.2) is 0 Å². The predicted molar refractivity (Wildman–Crippen MR) is 80.5 cm³/mol. The van der Waals surface area contributed by atoms with Gasteiger partial charge in [0, 0.05) is 29.1 Å². The van der Waals surface area contributed by atoms with Crippen molar-refractivity contribution in [3.8, 4) is 0 Å². The normalized spacial score (nSPS) is 11.6. The molecule has 0 fully saturated rings. The lowest BCUT2D eigenvalue weighted by Gasteiger charge is -2.10. The van der Waals surface area contributed by atoms with Crippen LogP contribution in [0.3, 0.4) is 0 Å². The summed E-state index contributed by atoms with van der Waals surface area (Å²) in [4.78, 5) is 13.3. The van der Waals surface area contributed by atoms with Gasteiger partial charge in [-0.1, -0.05) is 0 Å². The summed E-state index contributed by atoms with van der Waals surface area (Å²) in [5, 5.41) is 3.98. The van der Waals surface area contributed by atoms with E-state index >= 15 is 0 Å². The van der Waals surface area contributed by atoms with Crippen LogP contribution < -0.4 is 5.32 Å². The molecule has 3 aromatic rings. The Morgan fingerprint density at radius 2 is 2.05 bits per heavy atom. The van der Waals surface area contributed by atoms with E-state index in [4.69, 9.17) is 0 Å². The number of rotatable bonds is 2. The Morgan fingerprint density at radius 3 is 2.74 bits per heavy atom. The molecular weight excluding hydrogens is 306 g/mol. The molecule has 0 bridgehead atoms. The van der Waals surface area contributed by atoms with E-state index in [0.29, 0.717) is 12.0 Å². The highest BCUT2D eigenvalue weighted by Crippen LogP contribution is 2.31. The number of hydrogen-bond donors (Lipinski definition) is 1. The van der Waals surface area contributed by atoms with Gasteiger partial charge in [-0.2, -0.15) is 0 Å². The lowest BCUT2D eigenvalue weighted by Crippen LogP contribution is -2.01. The SMILES string of the molecule is CNc1ncc2cc(Br)c3ncn(C(C)C)c3c2n1. The summed E-state index contributed by atoms with van der Waals surface area (Å²) in [5.74, 6) is 0.618. The Labute approximate surface area is 119 Å². The van der Waals surface area contributed by atoms with Gasteiger partial charge in [0.05, 0.1) is 11.8 Å². The van der Waals surface area contributed by atoms with Gasteiger partial charge in [0.2, 0.25) is 5.95 Å². The zero-order valence-electron chi connectivity index (χ0n) is 11.0. The van der Waals surface area contributed by atoms with Crippen molar-refractivity contribution in [2.24, 2.45) is 0 Å². The number of aromatic nitrogens is 4. The lowest BCUT2D eigenvalue weighted by atomic mass is 10.2. The fourth-order valence-electron chi connectivity index (χ4n) is 2.17. The third-order valence-corrected chi connectivity index (χ3v) is 3.73. The van der Waals surface area contributed by atoms with Crippen molar-refractivity contribution in [3.05, 3.63) is 23.1 Å². The van der Waals surface area contributed by atoms with Gasteiger partial charge in [-0.3, -0.25) is 0 Å². The summed E-state index contributed by atoms with van der Waals surface area (Å²) >= 11 is 3.57. The third kappa shape index (κ3) is 1.87. The summed E-state index contributed by atoms with van der Waals surface area (Å²) < 4.78 is 3.10. The topological polar surface area (TPSA) is 55.6 Å².